The first kappa shape index (κ1) is 14.3. The fourth-order valence-corrected chi connectivity index (χ4v) is 0.471. The second-order valence-corrected chi connectivity index (χ2v) is 2.56. The summed E-state index contributed by atoms with van der Waals surface area (Å²) in [5.41, 5.74) is -1.31. The predicted molar refractivity (Wildman–Crippen MR) is 46.1 cm³/mol. The molecule has 0 aromatic rings. The van der Waals surface area contributed by atoms with E-state index in [1.54, 1.807) is 0 Å². The molecule has 1 fully saturated rings. The van der Waals surface area contributed by atoms with Gasteiger partial charge in [-0.3, -0.25) is 0 Å². The molecule has 12 heavy (non-hydrogen) atoms. The Kier molecular flexibility index (Phi) is 6.49. The van der Waals surface area contributed by atoms with Crippen LogP contribution in [0.2, 0.25) is 0 Å². The largest absolute Gasteiger partial charge is 0.394 e. The Morgan fingerprint density at radius 3 is 1.17 bits per heavy atom. The average Bonchev–Trinajstić information content (AvgIpc) is 2.76. The Labute approximate surface area is 73.2 Å². The van der Waals surface area contributed by atoms with Crippen LogP contribution < -0.4 is 0 Å². The van der Waals surface area contributed by atoms with Gasteiger partial charge in [0.05, 0.1) is 5.41 Å². The fourth-order valence-electron chi connectivity index (χ4n) is 0.471. The molecule has 0 spiro atoms. The topological polar surface area (TPSA) is 0 Å². The molecular formula is C9H19F3. The first-order valence-electron chi connectivity index (χ1n) is 4.52. The van der Waals surface area contributed by atoms with E-state index >= 15 is 0 Å². The number of alkyl halides is 3. The Bertz CT molecular complexity index is 97.6. The van der Waals surface area contributed by atoms with Crippen molar-refractivity contribution in [2.45, 2.75) is 53.6 Å². The molecule has 0 aromatic carbocycles. The first-order valence-corrected chi connectivity index (χ1v) is 4.52. The van der Waals surface area contributed by atoms with Crippen molar-refractivity contribution >= 4 is 0 Å². The third-order valence-corrected chi connectivity index (χ3v) is 1.68. The minimum absolute atomic E-state index is 0.316. The van der Waals surface area contributed by atoms with Crippen molar-refractivity contribution < 1.29 is 13.2 Å². The van der Waals surface area contributed by atoms with Crippen LogP contribution in [0.5, 0.6) is 0 Å². The molecule has 0 heterocycles. The van der Waals surface area contributed by atoms with Gasteiger partial charge < -0.3 is 0 Å². The third-order valence-electron chi connectivity index (χ3n) is 1.68. The van der Waals surface area contributed by atoms with Gasteiger partial charge in [-0.15, -0.1) is 0 Å². The van der Waals surface area contributed by atoms with Crippen molar-refractivity contribution in [2.24, 2.45) is 5.41 Å². The molecule has 0 N–H and O–H groups in total. The number of halogens is 3. The highest BCUT2D eigenvalue weighted by atomic mass is 19.4. The maximum absolute atomic E-state index is 11.6. The van der Waals surface area contributed by atoms with Gasteiger partial charge in [0.2, 0.25) is 0 Å². The molecule has 0 nitrogen and oxygen atoms in total. The Balaban J connectivity index is 0. The highest BCUT2D eigenvalue weighted by Gasteiger charge is 2.59. The van der Waals surface area contributed by atoms with Gasteiger partial charge in [0.1, 0.15) is 0 Å². The molecule has 1 saturated carbocycles. The summed E-state index contributed by atoms with van der Waals surface area (Å²) < 4.78 is 34.9. The van der Waals surface area contributed by atoms with Crippen LogP contribution in [0.1, 0.15) is 47.5 Å². The predicted octanol–water partition coefficient (Wildman–Crippen LogP) is 4.40. The molecule has 0 bridgehead atoms. The quantitative estimate of drug-likeness (QED) is 0.523. The minimum Gasteiger partial charge on any atom is -0.171 e. The lowest BCUT2D eigenvalue weighted by Crippen LogP contribution is -2.20. The van der Waals surface area contributed by atoms with Gasteiger partial charge in [-0.1, -0.05) is 34.6 Å². The van der Waals surface area contributed by atoms with E-state index in [-0.39, 0.29) is 0 Å². The van der Waals surface area contributed by atoms with Crippen molar-refractivity contribution in [2.75, 3.05) is 0 Å². The van der Waals surface area contributed by atoms with Crippen LogP contribution >= 0.6 is 0 Å². The van der Waals surface area contributed by atoms with Crippen molar-refractivity contribution in [3.8, 4) is 0 Å². The molecule has 1 aliphatic carbocycles. The zero-order valence-electron chi connectivity index (χ0n) is 8.55. The van der Waals surface area contributed by atoms with Crippen LogP contribution in [0.3, 0.4) is 0 Å². The Morgan fingerprint density at radius 1 is 0.917 bits per heavy atom. The van der Waals surface area contributed by atoms with E-state index in [0.717, 1.165) is 0 Å². The lowest BCUT2D eigenvalue weighted by Gasteiger charge is -2.11. The van der Waals surface area contributed by atoms with Gasteiger partial charge >= 0.3 is 6.18 Å². The van der Waals surface area contributed by atoms with Crippen molar-refractivity contribution in [3.05, 3.63) is 0 Å². The average molecular weight is 184 g/mol. The normalized spacial score (nSPS) is 18.0. The standard InChI is InChI=1S/C5H7F3.2C2H6/c1-4(2-3-4)5(6,7)8;2*1-2/h2-3H2,1H3;2*1-2H3. The molecular weight excluding hydrogens is 165 g/mol. The van der Waals surface area contributed by atoms with E-state index in [4.69, 9.17) is 0 Å². The second-order valence-electron chi connectivity index (χ2n) is 2.56. The van der Waals surface area contributed by atoms with Crippen LogP contribution in [0.4, 0.5) is 13.2 Å². The monoisotopic (exact) mass is 184 g/mol. The molecule has 0 aromatic heterocycles. The lowest BCUT2D eigenvalue weighted by molar-refractivity contribution is -0.181. The summed E-state index contributed by atoms with van der Waals surface area (Å²) in [6, 6.07) is 0. The van der Waals surface area contributed by atoms with Gasteiger partial charge in [-0.05, 0) is 12.8 Å². The molecule has 3 heteroatoms. The van der Waals surface area contributed by atoms with Gasteiger partial charge in [-0.25, -0.2) is 0 Å². The van der Waals surface area contributed by atoms with Gasteiger partial charge in [0, 0.05) is 0 Å². The zero-order valence-corrected chi connectivity index (χ0v) is 8.55. The minimum atomic E-state index is -3.95. The molecule has 0 saturated heterocycles. The summed E-state index contributed by atoms with van der Waals surface area (Å²) in [4.78, 5) is 0. The lowest BCUT2D eigenvalue weighted by atomic mass is 10.1. The first-order chi connectivity index (χ1) is 5.46. The van der Waals surface area contributed by atoms with E-state index in [2.05, 4.69) is 0 Å². The number of hydrogen-bond donors (Lipinski definition) is 0. The number of rotatable bonds is 0. The fraction of sp³-hybridized carbons (Fsp3) is 1.00. The summed E-state index contributed by atoms with van der Waals surface area (Å²) in [6.07, 6.45) is -3.32. The summed E-state index contributed by atoms with van der Waals surface area (Å²) in [7, 11) is 0. The van der Waals surface area contributed by atoms with Crippen LogP contribution in [-0.4, -0.2) is 6.18 Å². The molecule has 1 aliphatic rings. The highest BCUT2D eigenvalue weighted by molar-refractivity contribution is 4.94. The molecule has 0 amide bonds. The third kappa shape index (κ3) is 3.98. The maximum atomic E-state index is 11.6. The van der Waals surface area contributed by atoms with Crippen molar-refractivity contribution in [1.82, 2.24) is 0 Å². The van der Waals surface area contributed by atoms with Crippen LogP contribution in [0, 0.1) is 5.41 Å². The smallest absolute Gasteiger partial charge is 0.171 e. The van der Waals surface area contributed by atoms with E-state index in [1.165, 1.54) is 6.92 Å². The summed E-state index contributed by atoms with van der Waals surface area (Å²) in [6.45, 7) is 9.26. The van der Waals surface area contributed by atoms with Gasteiger partial charge in [0.25, 0.3) is 0 Å². The second kappa shape index (κ2) is 5.44. The summed E-state index contributed by atoms with van der Waals surface area (Å²) >= 11 is 0. The Morgan fingerprint density at radius 2 is 1.17 bits per heavy atom. The van der Waals surface area contributed by atoms with Crippen LogP contribution in [-0.2, 0) is 0 Å². The van der Waals surface area contributed by atoms with Crippen LogP contribution in [0.25, 0.3) is 0 Å². The van der Waals surface area contributed by atoms with Crippen molar-refractivity contribution in [1.29, 1.82) is 0 Å². The highest BCUT2D eigenvalue weighted by Crippen LogP contribution is 2.56. The SMILES string of the molecule is CC.CC.CC1(C(F)(F)F)CC1. The van der Waals surface area contributed by atoms with Gasteiger partial charge in [-0.2, -0.15) is 13.2 Å². The molecule has 1 rings (SSSR count). The number of hydrogen-bond acceptors (Lipinski definition) is 0. The maximum Gasteiger partial charge on any atom is 0.394 e. The van der Waals surface area contributed by atoms with E-state index in [1.807, 2.05) is 27.7 Å². The summed E-state index contributed by atoms with van der Waals surface area (Å²) in [5, 5.41) is 0. The zero-order chi connectivity index (χ0) is 10.4. The van der Waals surface area contributed by atoms with Gasteiger partial charge in [0.15, 0.2) is 0 Å². The molecule has 76 valence electrons. The van der Waals surface area contributed by atoms with Crippen molar-refractivity contribution in [3.63, 3.8) is 0 Å². The Hall–Kier alpha value is -0.210. The van der Waals surface area contributed by atoms with E-state index < -0.39 is 11.6 Å². The molecule has 0 radical (unpaired) electrons. The van der Waals surface area contributed by atoms with E-state index in [9.17, 15) is 13.2 Å². The molecule has 0 atom stereocenters. The molecule has 0 unspecified atom stereocenters. The molecule has 0 aliphatic heterocycles. The van der Waals surface area contributed by atoms with E-state index in [0.29, 0.717) is 12.8 Å². The van der Waals surface area contributed by atoms with Crippen LogP contribution in [0.15, 0.2) is 0 Å². The summed E-state index contributed by atoms with van der Waals surface area (Å²) in [5.74, 6) is 0.